The van der Waals surface area contributed by atoms with Gasteiger partial charge in [0, 0.05) is 12.1 Å². The summed E-state index contributed by atoms with van der Waals surface area (Å²) in [5.41, 5.74) is 3.63. The van der Waals surface area contributed by atoms with Crippen molar-refractivity contribution in [3.8, 4) is 11.1 Å². The van der Waals surface area contributed by atoms with Crippen molar-refractivity contribution in [2.75, 3.05) is 6.61 Å². The van der Waals surface area contributed by atoms with Crippen LogP contribution in [0.4, 0.5) is 13.2 Å². The first-order valence-corrected chi connectivity index (χ1v) is 10.5. The van der Waals surface area contributed by atoms with Gasteiger partial charge in [0.25, 0.3) is 0 Å². The Labute approximate surface area is 187 Å². The van der Waals surface area contributed by atoms with E-state index >= 15 is 0 Å². The van der Waals surface area contributed by atoms with E-state index in [1.807, 2.05) is 69.3 Å². The Hall–Kier alpha value is -2.89. The van der Waals surface area contributed by atoms with Gasteiger partial charge in [-0.05, 0) is 66.3 Å². The molecule has 0 unspecified atom stereocenters. The van der Waals surface area contributed by atoms with E-state index in [0.29, 0.717) is 12.1 Å². The molecule has 0 aromatic heterocycles. The van der Waals surface area contributed by atoms with Crippen molar-refractivity contribution in [3.05, 3.63) is 94.5 Å². The molecule has 3 rings (SSSR count). The van der Waals surface area contributed by atoms with Gasteiger partial charge in [0.1, 0.15) is 0 Å². The second-order valence-electron chi connectivity index (χ2n) is 8.53. The first kappa shape index (κ1) is 23.8. The molecule has 0 saturated carbocycles. The molecular weight excluding hydrogens is 411 g/mol. The normalized spacial score (nSPS) is 12.5. The highest BCUT2D eigenvalue weighted by Gasteiger charge is 2.32. The molecular formula is C27H28F3NO. The first-order chi connectivity index (χ1) is 15.1. The van der Waals surface area contributed by atoms with E-state index in [4.69, 9.17) is 0 Å². The molecule has 0 heterocycles. The summed E-state index contributed by atoms with van der Waals surface area (Å²) in [5.74, 6) is 0. The summed E-state index contributed by atoms with van der Waals surface area (Å²) in [6.07, 6.45) is -1.18. The summed E-state index contributed by atoms with van der Waals surface area (Å²) in [5, 5.41) is 12.6. The van der Waals surface area contributed by atoms with Gasteiger partial charge < -0.3 is 10.4 Å². The predicted molar refractivity (Wildman–Crippen MR) is 125 cm³/mol. The van der Waals surface area contributed by atoms with Gasteiger partial charge in [-0.2, -0.15) is 13.2 Å². The molecule has 0 fully saturated rings. The molecule has 2 N–H and O–H groups in total. The Balaban J connectivity index is 1.95. The van der Waals surface area contributed by atoms with Gasteiger partial charge in [0.15, 0.2) is 0 Å². The van der Waals surface area contributed by atoms with Crippen molar-refractivity contribution < 1.29 is 18.3 Å². The maximum Gasteiger partial charge on any atom is 0.416 e. The number of benzene rings is 3. The lowest BCUT2D eigenvalue weighted by molar-refractivity contribution is -0.137. The Morgan fingerprint density at radius 1 is 0.875 bits per heavy atom. The highest BCUT2D eigenvalue weighted by Crippen LogP contribution is 2.34. The fraction of sp³-hybridized carbons (Fsp3) is 0.259. The van der Waals surface area contributed by atoms with Gasteiger partial charge in [0.05, 0.1) is 12.2 Å². The van der Waals surface area contributed by atoms with Gasteiger partial charge in [-0.25, -0.2) is 0 Å². The van der Waals surface area contributed by atoms with E-state index in [2.05, 4.69) is 5.32 Å². The summed E-state index contributed by atoms with van der Waals surface area (Å²) in [6.45, 7) is 5.93. The third-order valence-electron chi connectivity index (χ3n) is 5.49. The molecule has 3 aromatic rings. The second-order valence-corrected chi connectivity index (χ2v) is 8.53. The molecule has 0 radical (unpaired) electrons. The third kappa shape index (κ3) is 5.87. The van der Waals surface area contributed by atoms with Crippen molar-refractivity contribution in [2.45, 2.75) is 39.0 Å². The van der Waals surface area contributed by atoms with Crippen LogP contribution in [-0.2, 0) is 12.7 Å². The largest absolute Gasteiger partial charge is 0.416 e. The Bertz CT molecular complexity index is 1090. The van der Waals surface area contributed by atoms with Crippen molar-refractivity contribution in [2.24, 2.45) is 0 Å². The van der Waals surface area contributed by atoms with Crippen molar-refractivity contribution >= 4 is 12.2 Å². The lowest BCUT2D eigenvalue weighted by atomic mass is 9.95. The van der Waals surface area contributed by atoms with E-state index in [0.717, 1.165) is 28.3 Å². The average Bonchev–Trinajstić information content (AvgIpc) is 2.77. The molecule has 0 aliphatic rings. The molecule has 0 atom stereocenters. The van der Waals surface area contributed by atoms with Crippen LogP contribution in [0.5, 0.6) is 0 Å². The van der Waals surface area contributed by atoms with Crippen LogP contribution in [0, 0.1) is 6.92 Å². The molecule has 3 aromatic carbocycles. The highest BCUT2D eigenvalue weighted by atomic mass is 19.4. The van der Waals surface area contributed by atoms with Gasteiger partial charge in [-0.1, -0.05) is 66.7 Å². The number of aliphatic hydroxyl groups is 1. The fourth-order valence-electron chi connectivity index (χ4n) is 3.46. The van der Waals surface area contributed by atoms with Crippen LogP contribution in [0.3, 0.4) is 0 Å². The summed E-state index contributed by atoms with van der Waals surface area (Å²) in [6, 6.07) is 19.9. The van der Waals surface area contributed by atoms with Crippen LogP contribution >= 0.6 is 0 Å². The zero-order valence-electron chi connectivity index (χ0n) is 18.5. The van der Waals surface area contributed by atoms with Gasteiger partial charge in [-0.15, -0.1) is 0 Å². The Morgan fingerprint density at radius 2 is 1.56 bits per heavy atom. The van der Waals surface area contributed by atoms with E-state index in [9.17, 15) is 18.3 Å². The minimum atomic E-state index is -4.45. The topological polar surface area (TPSA) is 32.3 Å². The van der Waals surface area contributed by atoms with Gasteiger partial charge in [0.2, 0.25) is 0 Å². The number of alkyl halides is 3. The fourth-order valence-corrected chi connectivity index (χ4v) is 3.46. The highest BCUT2D eigenvalue weighted by molar-refractivity contribution is 5.78. The second kappa shape index (κ2) is 9.72. The van der Waals surface area contributed by atoms with E-state index in [-0.39, 0.29) is 12.2 Å². The SMILES string of the molecule is Cc1c(/C=C/c2cc(CNC(C)(C)CO)ccc2C(F)(F)F)cccc1-c1ccccc1. The van der Waals surface area contributed by atoms with Gasteiger partial charge >= 0.3 is 6.18 Å². The smallest absolute Gasteiger partial charge is 0.394 e. The number of nitrogens with one attached hydrogen (secondary N) is 1. The number of hydrogen-bond acceptors (Lipinski definition) is 2. The number of halogens is 3. The van der Waals surface area contributed by atoms with Crippen LogP contribution in [-0.4, -0.2) is 17.3 Å². The molecule has 0 bridgehead atoms. The van der Waals surface area contributed by atoms with E-state index < -0.39 is 17.3 Å². The molecule has 32 heavy (non-hydrogen) atoms. The van der Waals surface area contributed by atoms with Crippen LogP contribution in [0.2, 0.25) is 0 Å². The molecule has 0 aliphatic heterocycles. The summed E-state index contributed by atoms with van der Waals surface area (Å²) in [4.78, 5) is 0. The summed E-state index contributed by atoms with van der Waals surface area (Å²) >= 11 is 0. The first-order valence-electron chi connectivity index (χ1n) is 10.5. The molecule has 0 spiro atoms. The van der Waals surface area contributed by atoms with Crippen LogP contribution in [0.25, 0.3) is 23.3 Å². The molecule has 0 aliphatic carbocycles. The lowest BCUT2D eigenvalue weighted by Gasteiger charge is -2.24. The summed E-state index contributed by atoms with van der Waals surface area (Å²) in [7, 11) is 0. The number of rotatable bonds is 7. The van der Waals surface area contributed by atoms with E-state index in [1.54, 1.807) is 12.1 Å². The minimum Gasteiger partial charge on any atom is -0.394 e. The molecule has 5 heteroatoms. The van der Waals surface area contributed by atoms with Crippen LogP contribution < -0.4 is 5.32 Å². The number of aliphatic hydroxyl groups excluding tert-OH is 1. The Kier molecular flexibility index (Phi) is 7.22. The average molecular weight is 440 g/mol. The van der Waals surface area contributed by atoms with Crippen molar-refractivity contribution in [1.29, 1.82) is 0 Å². The van der Waals surface area contributed by atoms with Crippen LogP contribution in [0.15, 0.2) is 66.7 Å². The van der Waals surface area contributed by atoms with Gasteiger partial charge in [-0.3, -0.25) is 0 Å². The molecule has 0 amide bonds. The predicted octanol–water partition coefficient (Wildman–Crippen LogP) is 6.71. The van der Waals surface area contributed by atoms with E-state index in [1.165, 1.54) is 12.1 Å². The standard InChI is InChI=1S/C27H28F3NO/c1-19-21(10-7-11-24(19)22-8-5-4-6-9-22)13-14-23-16-20(17-31-26(2,3)18-32)12-15-25(23)27(28,29)30/h4-16,31-32H,17-18H2,1-3H3/b14-13+. The zero-order chi connectivity index (χ0) is 23.4. The Morgan fingerprint density at radius 3 is 2.22 bits per heavy atom. The third-order valence-corrected chi connectivity index (χ3v) is 5.49. The zero-order valence-corrected chi connectivity index (χ0v) is 18.5. The van der Waals surface area contributed by atoms with Crippen LogP contribution in [0.1, 0.15) is 41.7 Å². The lowest BCUT2D eigenvalue weighted by Crippen LogP contribution is -2.42. The quantitative estimate of drug-likeness (QED) is 0.401. The van der Waals surface area contributed by atoms with Crippen molar-refractivity contribution in [3.63, 3.8) is 0 Å². The monoisotopic (exact) mass is 439 g/mol. The maximum atomic E-state index is 13.6. The molecule has 0 saturated heterocycles. The maximum absolute atomic E-state index is 13.6. The number of hydrogen-bond donors (Lipinski definition) is 2. The minimum absolute atomic E-state index is 0.0720. The summed E-state index contributed by atoms with van der Waals surface area (Å²) < 4.78 is 40.9. The molecule has 2 nitrogen and oxygen atoms in total. The van der Waals surface area contributed by atoms with Crippen molar-refractivity contribution in [1.82, 2.24) is 5.32 Å². The molecule has 168 valence electrons.